The summed E-state index contributed by atoms with van der Waals surface area (Å²) < 4.78 is 28.0. The Hall–Kier alpha value is -1.60. The summed E-state index contributed by atoms with van der Waals surface area (Å²) in [5.74, 6) is -0.162. The van der Waals surface area contributed by atoms with Gasteiger partial charge in [0, 0.05) is 35.4 Å². The van der Waals surface area contributed by atoms with Gasteiger partial charge in [-0.15, -0.1) is 24.6 Å². The van der Waals surface area contributed by atoms with Crippen LogP contribution in [0.15, 0.2) is 47.4 Å². The zero-order valence-electron chi connectivity index (χ0n) is 18.8. The summed E-state index contributed by atoms with van der Waals surface area (Å²) in [6.45, 7) is 5.19. The molecule has 1 fully saturated rings. The number of carboxylic acids is 1. The summed E-state index contributed by atoms with van der Waals surface area (Å²) >= 11 is 19.7. The molecule has 11 heteroatoms. The minimum atomic E-state index is -3.94. The molecule has 1 saturated heterocycles. The Kier molecular flexibility index (Phi) is 13.2. The SMILES string of the molecule is C#C.CC.O=C(O)C1SCCN1CCCN(c1cc(Cl)ccc1Cl)S(=O)(=O)c1ccc(Cl)cc1. The van der Waals surface area contributed by atoms with E-state index in [1.54, 1.807) is 12.1 Å². The Balaban J connectivity index is 0.00000137. The van der Waals surface area contributed by atoms with Crippen LogP contribution in [0, 0.1) is 12.8 Å². The summed E-state index contributed by atoms with van der Waals surface area (Å²) in [4.78, 5) is 13.3. The van der Waals surface area contributed by atoms with E-state index in [0.29, 0.717) is 29.6 Å². The van der Waals surface area contributed by atoms with Gasteiger partial charge in [-0.1, -0.05) is 48.7 Å². The number of anilines is 1. The minimum Gasteiger partial charge on any atom is -0.479 e. The van der Waals surface area contributed by atoms with E-state index in [1.807, 2.05) is 18.7 Å². The molecule has 0 radical (unpaired) electrons. The third-order valence-electron chi connectivity index (χ3n) is 4.58. The third-order valence-corrected chi connectivity index (χ3v) is 8.45. The highest BCUT2D eigenvalue weighted by atomic mass is 35.5. The van der Waals surface area contributed by atoms with Gasteiger partial charge in [-0.2, -0.15) is 0 Å². The lowest BCUT2D eigenvalue weighted by atomic mass is 10.3. The molecule has 186 valence electrons. The highest BCUT2D eigenvalue weighted by molar-refractivity contribution is 8.00. The Labute approximate surface area is 221 Å². The van der Waals surface area contributed by atoms with Gasteiger partial charge in [-0.25, -0.2) is 13.2 Å². The molecular formula is C23H27Cl3N2O4S2. The van der Waals surface area contributed by atoms with Crippen molar-refractivity contribution in [2.24, 2.45) is 0 Å². The predicted molar refractivity (Wildman–Crippen MR) is 144 cm³/mol. The molecule has 0 aromatic heterocycles. The van der Waals surface area contributed by atoms with Crippen LogP contribution in [0.1, 0.15) is 20.3 Å². The molecule has 34 heavy (non-hydrogen) atoms. The molecule has 2 aromatic carbocycles. The van der Waals surface area contributed by atoms with Gasteiger partial charge in [0.2, 0.25) is 0 Å². The van der Waals surface area contributed by atoms with E-state index in [0.717, 1.165) is 5.75 Å². The number of terminal acetylenes is 1. The molecule has 1 aliphatic heterocycles. The molecule has 6 nitrogen and oxygen atoms in total. The van der Waals surface area contributed by atoms with Crippen molar-refractivity contribution >= 4 is 68.2 Å². The van der Waals surface area contributed by atoms with Crippen molar-refractivity contribution in [2.75, 3.05) is 29.7 Å². The predicted octanol–water partition coefficient (Wildman–Crippen LogP) is 5.97. The van der Waals surface area contributed by atoms with Gasteiger partial charge in [-0.3, -0.25) is 9.21 Å². The van der Waals surface area contributed by atoms with Crippen LogP contribution in [-0.4, -0.2) is 55.2 Å². The van der Waals surface area contributed by atoms with Gasteiger partial charge in [0.05, 0.1) is 15.6 Å². The molecule has 1 heterocycles. The van der Waals surface area contributed by atoms with E-state index in [2.05, 4.69) is 12.8 Å². The van der Waals surface area contributed by atoms with Crippen LogP contribution < -0.4 is 4.31 Å². The van der Waals surface area contributed by atoms with Gasteiger partial charge in [-0.05, 0) is 48.9 Å². The smallest absolute Gasteiger partial charge is 0.331 e. The number of nitrogens with zero attached hydrogens (tertiary/aromatic N) is 2. The third kappa shape index (κ3) is 7.98. The molecular weight excluding hydrogens is 539 g/mol. The molecule has 0 saturated carbocycles. The van der Waals surface area contributed by atoms with Crippen molar-refractivity contribution in [1.82, 2.24) is 4.90 Å². The molecule has 1 unspecified atom stereocenters. The quantitative estimate of drug-likeness (QED) is 0.398. The number of aliphatic carboxylic acids is 1. The lowest BCUT2D eigenvalue weighted by Crippen LogP contribution is -2.38. The Morgan fingerprint density at radius 3 is 2.29 bits per heavy atom. The van der Waals surface area contributed by atoms with Crippen molar-refractivity contribution in [3.8, 4) is 12.8 Å². The van der Waals surface area contributed by atoms with Gasteiger partial charge in [0.25, 0.3) is 10.0 Å². The summed E-state index contributed by atoms with van der Waals surface area (Å²) in [6.07, 6.45) is 8.42. The second-order valence-electron chi connectivity index (χ2n) is 6.58. The average Bonchev–Trinajstić information content (AvgIpc) is 3.30. The van der Waals surface area contributed by atoms with Crippen LogP contribution >= 0.6 is 46.6 Å². The van der Waals surface area contributed by atoms with Crippen LogP contribution in [-0.2, 0) is 14.8 Å². The first kappa shape index (κ1) is 30.4. The van der Waals surface area contributed by atoms with E-state index in [4.69, 9.17) is 34.8 Å². The van der Waals surface area contributed by atoms with Crippen molar-refractivity contribution in [1.29, 1.82) is 0 Å². The second kappa shape index (κ2) is 14.7. The van der Waals surface area contributed by atoms with Crippen molar-refractivity contribution in [2.45, 2.75) is 30.5 Å². The number of carboxylic acid groups (broad SMARTS) is 1. The fourth-order valence-corrected chi connectivity index (χ4v) is 6.36. The number of halogens is 3. The number of thioether (sulfide) groups is 1. The van der Waals surface area contributed by atoms with Crippen LogP contribution in [0.25, 0.3) is 0 Å². The largest absolute Gasteiger partial charge is 0.479 e. The molecule has 1 N–H and O–H groups in total. The van der Waals surface area contributed by atoms with E-state index in [-0.39, 0.29) is 22.2 Å². The molecule has 0 spiro atoms. The second-order valence-corrected chi connectivity index (χ2v) is 10.9. The van der Waals surface area contributed by atoms with E-state index < -0.39 is 21.4 Å². The summed E-state index contributed by atoms with van der Waals surface area (Å²) in [5, 5.41) is 9.74. The molecule has 0 aliphatic carbocycles. The number of hydrogen-bond acceptors (Lipinski definition) is 5. The fourth-order valence-electron chi connectivity index (χ4n) is 3.16. The van der Waals surface area contributed by atoms with E-state index in [9.17, 15) is 18.3 Å². The summed E-state index contributed by atoms with van der Waals surface area (Å²) in [6, 6.07) is 10.5. The molecule has 1 atom stereocenters. The molecule has 3 rings (SSSR count). The zero-order chi connectivity index (χ0) is 25.9. The maximum atomic E-state index is 13.4. The normalized spacial score (nSPS) is 15.4. The number of carbonyl (C=O) groups is 1. The highest BCUT2D eigenvalue weighted by Crippen LogP contribution is 2.33. The first-order valence-corrected chi connectivity index (χ1v) is 14.0. The zero-order valence-corrected chi connectivity index (χ0v) is 22.7. The average molecular weight is 566 g/mol. The highest BCUT2D eigenvalue weighted by Gasteiger charge is 2.32. The Bertz CT molecular complexity index is 1060. The topological polar surface area (TPSA) is 77.9 Å². The Morgan fingerprint density at radius 2 is 1.71 bits per heavy atom. The van der Waals surface area contributed by atoms with Gasteiger partial charge < -0.3 is 5.11 Å². The number of benzene rings is 2. The first-order valence-electron chi connectivity index (χ1n) is 10.4. The molecule has 1 aliphatic rings. The maximum absolute atomic E-state index is 13.4. The van der Waals surface area contributed by atoms with Crippen molar-refractivity contribution in [3.63, 3.8) is 0 Å². The molecule has 0 amide bonds. The summed E-state index contributed by atoms with van der Waals surface area (Å²) in [7, 11) is -3.94. The molecule has 0 bridgehead atoms. The van der Waals surface area contributed by atoms with Gasteiger partial charge in [0.1, 0.15) is 0 Å². The first-order chi connectivity index (χ1) is 16.2. The van der Waals surface area contributed by atoms with Crippen molar-refractivity contribution < 1.29 is 18.3 Å². The van der Waals surface area contributed by atoms with Crippen molar-refractivity contribution in [3.05, 3.63) is 57.5 Å². The molecule has 2 aromatic rings. The monoisotopic (exact) mass is 564 g/mol. The Morgan fingerprint density at radius 1 is 1.12 bits per heavy atom. The van der Waals surface area contributed by atoms with Crippen LogP contribution in [0.2, 0.25) is 15.1 Å². The van der Waals surface area contributed by atoms with Crippen LogP contribution in [0.3, 0.4) is 0 Å². The van der Waals surface area contributed by atoms with E-state index >= 15 is 0 Å². The minimum absolute atomic E-state index is 0.0723. The van der Waals surface area contributed by atoms with Crippen LogP contribution in [0.4, 0.5) is 5.69 Å². The van der Waals surface area contributed by atoms with E-state index in [1.165, 1.54) is 46.4 Å². The number of rotatable bonds is 8. The maximum Gasteiger partial charge on any atom is 0.331 e. The van der Waals surface area contributed by atoms with Gasteiger partial charge >= 0.3 is 5.97 Å². The lowest BCUT2D eigenvalue weighted by Gasteiger charge is -2.27. The summed E-state index contributed by atoms with van der Waals surface area (Å²) in [5.41, 5.74) is 0.268. The fraction of sp³-hybridized carbons (Fsp3) is 0.348. The van der Waals surface area contributed by atoms with Gasteiger partial charge in [0.15, 0.2) is 5.37 Å². The standard InChI is InChI=1S/C19H19Cl3N2O4S2.C2H6.C2H2/c20-13-2-5-15(6-3-13)30(27,28)24(17-12-14(21)4-7-16(17)22)9-1-8-23-10-11-29-18(23)19(25)26;2*1-2/h2-7,12,18H,1,8-11H2,(H,25,26);1-2H3;1-2H. The number of hydrogen-bond donors (Lipinski definition) is 1. The number of sulfonamides is 1. The van der Waals surface area contributed by atoms with Crippen LogP contribution in [0.5, 0.6) is 0 Å². The lowest BCUT2D eigenvalue weighted by molar-refractivity contribution is -0.139.